The van der Waals surface area contributed by atoms with Crippen molar-refractivity contribution < 1.29 is 0 Å². The highest BCUT2D eigenvalue weighted by atomic mass is 14.2. The molecule has 88 valence electrons. The second kappa shape index (κ2) is 5.18. The third kappa shape index (κ3) is 2.12. The van der Waals surface area contributed by atoms with Gasteiger partial charge in [0.25, 0.3) is 0 Å². The molecule has 0 N–H and O–H groups in total. The van der Waals surface area contributed by atoms with Crippen LogP contribution in [0, 0.1) is 0 Å². The number of hydrogen-bond donors (Lipinski definition) is 0. The van der Waals surface area contributed by atoms with E-state index in [2.05, 4.69) is 49.4 Å². The van der Waals surface area contributed by atoms with Crippen LogP contribution in [0.4, 0.5) is 0 Å². The number of hydrogen-bond acceptors (Lipinski definition) is 0. The van der Waals surface area contributed by atoms with Gasteiger partial charge in [-0.2, -0.15) is 0 Å². The molecular weight excluding hydrogens is 204 g/mol. The third-order valence-corrected chi connectivity index (χ3v) is 3.32. The summed E-state index contributed by atoms with van der Waals surface area (Å²) in [6.45, 7) is 6.23. The summed E-state index contributed by atoms with van der Waals surface area (Å²) in [6, 6.07) is 8.74. The van der Waals surface area contributed by atoms with Crippen molar-refractivity contribution in [2.75, 3.05) is 0 Å². The Morgan fingerprint density at radius 1 is 1.06 bits per heavy atom. The molecule has 0 saturated carbocycles. The smallest absolute Gasteiger partial charge is 0.00109 e. The van der Waals surface area contributed by atoms with Crippen LogP contribution in [0.1, 0.15) is 38.3 Å². The minimum Gasteiger partial charge on any atom is -0.0801 e. The number of rotatable bonds is 0. The summed E-state index contributed by atoms with van der Waals surface area (Å²) in [4.78, 5) is 0. The minimum atomic E-state index is 1.07. The third-order valence-electron chi connectivity index (χ3n) is 3.32. The molecule has 0 aliphatic heterocycles. The molecule has 0 unspecified atom stereocenters. The van der Waals surface area contributed by atoms with Crippen LogP contribution in [0.5, 0.6) is 0 Å². The van der Waals surface area contributed by atoms with Gasteiger partial charge in [-0.3, -0.25) is 0 Å². The summed E-state index contributed by atoms with van der Waals surface area (Å²) in [5.74, 6) is 0. The Morgan fingerprint density at radius 3 is 2.65 bits per heavy atom. The molecular formula is C17H20. The van der Waals surface area contributed by atoms with Gasteiger partial charge in [-0.15, -0.1) is 0 Å². The number of benzene rings is 1. The minimum absolute atomic E-state index is 1.07. The first kappa shape index (κ1) is 11.9. The van der Waals surface area contributed by atoms with Crippen molar-refractivity contribution in [2.45, 2.75) is 33.6 Å². The Bertz CT molecular complexity index is 499. The lowest BCUT2D eigenvalue weighted by Gasteiger charge is -2.02. The summed E-state index contributed by atoms with van der Waals surface area (Å²) in [5, 5.41) is 0. The first-order valence-electron chi connectivity index (χ1n) is 6.51. The second-order valence-corrected chi connectivity index (χ2v) is 4.25. The van der Waals surface area contributed by atoms with Crippen LogP contribution in [0.2, 0.25) is 0 Å². The normalized spacial score (nSPS) is 16.5. The van der Waals surface area contributed by atoms with Crippen molar-refractivity contribution in [1.82, 2.24) is 0 Å². The van der Waals surface area contributed by atoms with E-state index in [0.717, 1.165) is 12.8 Å². The van der Waals surface area contributed by atoms with Crippen LogP contribution >= 0.6 is 0 Å². The molecule has 0 fully saturated rings. The van der Waals surface area contributed by atoms with Gasteiger partial charge in [-0.05, 0) is 42.0 Å². The molecule has 0 radical (unpaired) electrons. The molecule has 0 amide bonds. The van der Waals surface area contributed by atoms with E-state index in [4.69, 9.17) is 0 Å². The van der Waals surface area contributed by atoms with Crippen molar-refractivity contribution in [3.8, 4) is 0 Å². The van der Waals surface area contributed by atoms with E-state index in [1.807, 2.05) is 13.8 Å². The lowest BCUT2D eigenvalue weighted by Crippen LogP contribution is -1.86. The van der Waals surface area contributed by atoms with Crippen molar-refractivity contribution in [3.63, 3.8) is 0 Å². The highest BCUT2D eigenvalue weighted by molar-refractivity contribution is 5.86. The van der Waals surface area contributed by atoms with Gasteiger partial charge in [0.1, 0.15) is 0 Å². The van der Waals surface area contributed by atoms with Crippen LogP contribution in [0.15, 0.2) is 53.6 Å². The van der Waals surface area contributed by atoms with Crippen molar-refractivity contribution in [1.29, 1.82) is 0 Å². The predicted molar refractivity (Wildman–Crippen MR) is 75.9 cm³/mol. The Morgan fingerprint density at radius 2 is 1.82 bits per heavy atom. The molecule has 0 aromatic heterocycles. The number of allylic oxidation sites excluding steroid dienone is 6. The summed E-state index contributed by atoms with van der Waals surface area (Å²) in [6.07, 6.45) is 9.05. The van der Waals surface area contributed by atoms with Gasteiger partial charge in [0.05, 0.1) is 0 Å². The molecule has 2 aliphatic rings. The molecule has 0 heteroatoms. The monoisotopic (exact) mass is 224 g/mol. The van der Waals surface area contributed by atoms with Gasteiger partial charge in [-0.1, -0.05) is 61.9 Å². The van der Waals surface area contributed by atoms with Crippen LogP contribution in [-0.4, -0.2) is 0 Å². The van der Waals surface area contributed by atoms with E-state index in [1.54, 1.807) is 0 Å². The maximum Gasteiger partial charge on any atom is -0.00109 e. The Kier molecular flexibility index (Phi) is 3.63. The van der Waals surface area contributed by atoms with E-state index in [1.165, 1.54) is 27.8 Å². The molecule has 3 rings (SSSR count). The van der Waals surface area contributed by atoms with Gasteiger partial charge < -0.3 is 0 Å². The molecule has 0 saturated heterocycles. The Labute approximate surface area is 104 Å². The van der Waals surface area contributed by atoms with Gasteiger partial charge >= 0.3 is 0 Å². The van der Waals surface area contributed by atoms with Gasteiger partial charge in [0.15, 0.2) is 0 Å². The highest BCUT2D eigenvalue weighted by Gasteiger charge is 2.20. The fourth-order valence-electron chi connectivity index (χ4n) is 2.48. The molecule has 0 heterocycles. The highest BCUT2D eigenvalue weighted by Crippen LogP contribution is 2.38. The average molecular weight is 224 g/mol. The summed E-state index contributed by atoms with van der Waals surface area (Å²) >= 11 is 0. The molecule has 1 aromatic carbocycles. The molecule has 0 atom stereocenters. The predicted octanol–water partition coefficient (Wildman–Crippen LogP) is 4.93. The fraction of sp³-hybridized carbons (Fsp3) is 0.294. The fourth-order valence-corrected chi connectivity index (χ4v) is 2.48. The number of fused-ring (bicyclic) bond motifs is 2. The first-order chi connectivity index (χ1) is 8.36. The molecule has 1 aromatic rings. The summed E-state index contributed by atoms with van der Waals surface area (Å²) in [7, 11) is 0. The topological polar surface area (TPSA) is 0 Å². The molecule has 0 nitrogen and oxygen atoms in total. The Hall–Kier alpha value is -1.56. The van der Waals surface area contributed by atoms with E-state index in [-0.39, 0.29) is 0 Å². The van der Waals surface area contributed by atoms with Gasteiger partial charge in [0, 0.05) is 0 Å². The lowest BCUT2D eigenvalue weighted by atomic mass is 10.0. The van der Waals surface area contributed by atoms with Gasteiger partial charge in [0.2, 0.25) is 0 Å². The summed E-state index contributed by atoms with van der Waals surface area (Å²) < 4.78 is 0. The van der Waals surface area contributed by atoms with Crippen LogP contribution in [0.3, 0.4) is 0 Å². The van der Waals surface area contributed by atoms with Crippen LogP contribution < -0.4 is 0 Å². The quantitative estimate of drug-likeness (QED) is 0.586. The van der Waals surface area contributed by atoms with E-state index in [0.29, 0.717) is 0 Å². The molecule has 17 heavy (non-hydrogen) atoms. The van der Waals surface area contributed by atoms with Crippen molar-refractivity contribution in [3.05, 3.63) is 64.8 Å². The Balaban J connectivity index is 0.000000514. The van der Waals surface area contributed by atoms with E-state index in [9.17, 15) is 0 Å². The average Bonchev–Trinajstić information content (AvgIpc) is 2.66. The van der Waals surface area contributed by atoms with Crippen molar-refractivity contribution in [2.24, 2.45) is 0 Å². The maximum absolute atomic E-state index is 2.32. The zero-order valence-corrected chi connectivity index (χ0v) is 11.0. The molecule has 0 spiro atoms. The largest absolute Gasteiger partial charge is 0.0801 e. The first-order valence-corrected chi connectivity index (χ1v) is 6.51. The zero-order valence-electron chi connectivity index (χ0n) is 11.0. The SMILES string of the molecule is CC.CC1=CCC=CC2=C1Cc1ccccc12. The standard InChI is InChI=1S/C15H14.C2H6/c1-11-6-2-4-9-14-13-8-5-3-7-12(13)10-15(11)14;1-2/h3-9H,2,10H2,1H3;1-2H3. The molecule has 0 bridgehead atoms. The second-order valence-electron chi connectivity index (χ2n) is 4.25. The summed E-state index contributed by atoms with van der Waals surface area (Å²) in [5.41, 5.74) is 7.31. The molecule has 2 aliphatic carbocycles. The van der Waals surface area contributed by atoms with Crippen LogP contribution in [0.25, 0.3) is 5.57 Å². The van der Waals surface area contributed by atoms with Crippen LogP contribution in [-0.2, 0) is 6.42 Å². The zero-order chi connectivity index (χ0) is 12.3. The lowest BCUT2D eigenvalue weighted by molar-refractivity contribution is 1.18. The van der Waals surface area contributed by atoms with E-state index < -0.39 is 0 Å². The van der Waals surface area contributed by atoms with E-state index >= 15 is 0 Å². The van der Waals surface area contributed by atoms with Gasteiger partial charge in [-0.25, -0.2) is 0 Å². The van der Waals surface area contributed by atoms with Crippen molar-refractivity contribution >= 4 is 5.57 Å². The maximum atomic E-state index is 2.32.